The van der Waals surface area contributed by atoms with Crippen LogP contribution in [-0.4, -0.2) is 86.9 Å². The Hall–Kier alpha value is -15.8. The van der Waals surface area contributed by atoms with Crippen LogP contribution in [-0.2, 0) is 43.9 Å². The maximum atomic E-state index is 13.1. The van der Waals surface area contributed by atoms with E-state index in [9.17, 15) is 4.39 Å². The van der Waals surface area contributed by atoms with Crippen molar-refractivity contribution >= 4 is 121 Å². The lowest BCUT2D eigenvalue weighted by Crippen LogP contribution is -2.10. The highest BCUT2D eigenvalue weighted by molar-refractivity contribution is 7.16. The fourth-order valence-electron chi connectivity index (χ4n) is 15.5. The highest BCUT2D eigenvalue weighted by Gasteiger charge is 2.15. The maximum absolute atomic E-state index is 13.1. The van der Waals surface area contributed by atoms with Crippen molar-refractivity contribution in [3.05, 3.63) is 443 Å². The number of thiazole rings is 1. The Bertz CT molecular complexity index is 7580. The number of rotatable bonds is 16. The van der Waals surface area contributed by atoms with Gasteiger partial charge >= 0.3 is 0 Å². The number of hydrogen-bond acceptors (Lipinski definition) is 12. The number of pyridine rings is 8. The number of nitrogens with zero attached hydrogens (tertiary/aromatic N) is 9. The number of methoxy groups -OCH3 is 1. The van der Waals surface area contributed by atoms with Gasteiger partial charge < -0.3 is 44.9 Å². The van der Waals surface area contributed by atoms with Gasteiger partial charge in [0.15, 0.2) is 0 Å². The van der Waals surface area contributed by atoms with Crippen LogP contribution in [0.5, 0.6) is 5.75 Å². The molecule has 16 aromatic heterocycles. The average molecular weight is 1730 g/mol. The predicted octanol–water partition coefficient (Wildman–Crippen LogP) is 26.3. The van der Waals surface area contributed by atoms with Gasteiger partial charge in [0.2, 0.25) is 0 Å². The van der Waals surface area contributed by atoms with E-state index < -0.39 is 0 Å². The Morgan fingerprint density at radius 2 is 0.708 bits per heavy atom. The quantitative estimate of drug-likeness (QED) is 0.0452. The van der Waals surface area contributed by atoms with Crippen LogP contribution in [0.25, 0.3) is 98.4 Å². The molecule has 644 valence electrons. The molecule has 0 aliphatic carbocycles. The summed E-state index contributed by atoms with van der Waals surface area (Å²) in [5.74, 6) is 1.29. The number of benzene rings is 7. The first-order chi connectivity index (χ1) is 63.5. The number of aromatic nitrogens is 16. The number of ether oxygens (including phenoxy) is 1. The third-order valence-corrected chi connectivity index (χ3v) is 23.3. The molecule has 0 amide bonds. The van der Waals surface area contributed by atoms with Gasteiger partial charge in [0.05, 0.1) is 40.2 Å². The van der Waals surface area contributed by atoms with Crippen molar-refractivity contribution in [2.75, 3.05) is 12.4 Å². The van der Waals surface area contributed by atoms with Gasteiger partial charge in [0, 0.05) is 136 Å². The first-order valence-electron chi connectivity index (χ1n) is 43.5. The second-order valence-electron chi connectivity index (χ2n) is 33.8. The van der Waals surface area contributed by atoms with Gasteiger partial charge in [-0.25, -0.2) is 44.3 Å². The third-order valence-electron chi connectivity index (χ3n) is 22.5. The van der Waals surface area contributed by atoms with E-state index >= 15 is 0 Å². The number of hydrogen-bond donors (Lipinski definition) is 8. The maximum Gasteiger partial charge on any atom is 0.137 e. The van der Waals surface area contributed by atoms with Crippen LogP contribution >= 0.6 is 11.3 Å². The molecule has 0 atom stereocenters. The van der Waals surface area contributed by atoms with Crippen LogP contribution in [0, 0.1) is 12.7 Å². The Morgan fingerprint density at radius 1 is 0.331 bits per heavy atom. The molecule has 0 saturated carbocycles. The van der Waals surface area contributed by atoms with Crippen molar-refractivity contribution in [3.63, 3.8) is 0 Å². The first-order valence-corrected chi connectivity index (χ1v) is 44.4. The van der Waals surface area contributed by atoms with E-state index in [2.05, 4.69) is 309 Å². The summed E-state index contributed by atoms with van der Waals surface area (Å²) in [6.07, 6.45) is 33.8. The van der Waals surface area contributed by atoms with Crippen molar-refractivity contribution in [3.8, 4) is 5.75 Å². The van der Waals surface area contributed by atoms with E-state index in [0.29, 0.717) is 12.3 Å². The van der Waals surface area contributed by atoms with Gasteiger partial charge in [-0.15, -0.1) is 11.3 Å². The van der Waals surface area contributed by atoms with Crippen LogP contribution in [0.1, 0.15) is 124 Å². The zero-order valence-corrected chi connectivity index (χ0v) is 74.3. The molecule has 0 fully saturated rings. The topological polar surface area (TPSA) is 248 Å². The number of anilines is 2. The Labute approximate surface area is 757 Å². The van der Waals surface area contributed by atoms with Crippen LogP contribution < -0.4 is 10.1 Å². The average Bonchev–Trinajstić information content (AvgIpc) is 1.52. The first kappa shape index (κ1) is 86.3. The number of halogens is 1. The molecule has 7 aromatic carbocycles. The summed E-state index contributed by atoms with van der Waals surface area (Å²) in [4.78, 5) is 61.1. The van der Waals surface area contributed by atoms with Crippen LogP contribution in [0.2, 0.25) is 0 Å². The molecule has 130 heavy (non-hydrogen) atoms. The molecule has 0 unspecified atom stereocenters. The smallest absolute Gasteiger partial charge is 0.137 e. The van der Waals surface area contributed by atoms with Crippen LogP contribution in [0.15, 0.2) is 353 Å². The van der Waals surface area contributed by atoms with E-state index in [4.69, 9.17) is 4.74 Å². The molecule has 0 spiro atoms. The molecule has 0 saturated heterocycles. The van der Waals surface area contributed by atoms with Crippen LogP contribution in [0.3, 0.4) is 0 Å². The minimum absolute atomic E-state index is 0.196. The minimum atomic E-state index is -0.196. The molecule has 18 nitrogen and oxygen atoms in total. The second-order valence-corrected chi connectivity index (χ2v) is 34.6. The summed E-state index contributed by atoms with van der Waals surface area (Å²) >= 11 is 1.68. The molecular weight excluding hydrogens is 1630 g/mol. The zero-order chi connectivity index (χ0) is 89.1. The molecule has 0 aliphatic rings. The molecule has 23 aromatic rings. The molecule has 0 radical (unpaired) electrons. The monoisotopic (exact) mass is 1730 g/mol. The lowest BCUT2D eigenvalue weighted by molar-refractivity contribution is 0.414. The van der Waals surface area contributed by atoms with Crippen molar-refractivity contribution in [1.29, 1.82) is 0 Å². The fraction of sp³-hybridized carbons (Fsp3) is 0.136. The second kappa shape index (κ2) is 40.7. The SMILES string of the molecule is CC(C)(C)c1ccc(Cc2cnc3[nH]ccc3c2)cc1.CC(C)c1ccc(Cc2cnc3[nH]ccc3c2)cc1.COc1cccc(Cc2cnc3[nH]ccc3c2)c1.Cc1ccc(Cc2cnc3[nH]ccc3c2)cc1.Fc1cccc(Cc2cnc3[nH]ccc3c2)c1.c1cc2cc(Cc3ccc4ncsc4c3)cnc2[nH]1.c1cnc2ccc(Nc3cnc4[nH]ccc4c3)cc2c1. The Kier molecular flexibility index (Phi) is 27.0. The normalized spacial score (nSPS) is 11.2. The molecule has 16 heterocycles. The summed E-state index contributed by atoms with van der Waals surface area (Å²) in [7, 11) is 1.69. The molecule has 0 aliphatic heterocycles. The Balaban J connectivity index is 0.000000106. The van der Waals surface area contributed by atoms with E-state index in [1.807, 2.05) is 147 Å². The van der Waals surface area contributed by atoms with E-state index in [0.717, 1.165) is 138 Å². The molecular formula is C110H100FN17OS. The van der Waals surface area contributed by atoms with Crippen LogP contribution in [0.4, 0.5) is 15.8 Å². The van der Waals surface area contributed by atoms with Gasteiger partial charge in [-0.3, -0.25) is 4.98 Å². The standard InChI is InChI=1S/C18H20N2.C17H18N2.C16H12N4.C15H11N3S.C15H14N2O.C15H14N2.C14H11FN2/c1-18(2,3)16-6-4-13(5-7-16)10-14-11-15-8-9-19-17(15)20-12-14;1-12(2)15-5-3-13(4-6-15)9-14-10-16-7-8-18-17(16)19-11-14;1-2-11-8-13(3-4-15(11)17-6-1)20-14-9-12-5-7-18-16(12)19-10-14;1-2-13-14(19-9-18-13)7-10(1)5-11-6-12-3-4-16-15(12)17-8-11;1-18-14-4-2-3-11(9-14)7-12-8-13-5-6-16-15(13)17-10-12;1-11-2-4-12(5-3-11)8-13-9-14-6-7-16-15(14)17-10-13;15-13-3-1-2-10(8-13)6-11-7-12-4-5-16-14(12)17-9-11/h4-9,11-12H,10H2,1-3H3,(H,19,20);3-8,10-12H,9H2,1-2H3,(H,18,19);1-10,20H,(H,18,19);1-4,6-9H,5H2,(H,16,17);2-6,8-10H,7H2,1H3,(H,16,17);2-7,9-10H,8H2,1H3,(H,16,17);1-5,7-9H,6H2,(H,16,17). The lowest BCUT2D eigenvalue weighted by atomic mass is 9.86. The molecule has 20 heteroatoms. The third kappa shape index (κ3) is 22.9. The zero-order valence-electron chi connectivity index (χ0n) is 73.5. The highest BCUT2D eigenvalue weighted by atomic mass is 32.1. The molecule has 23 rings (SSSR count). The van der Waals surface area contributed by atoms with Gasteiger partial charge in [-0.05, 0) is 280 Å². The summed E-state index contributed by atoms with van der Waals surface area (Å²) < 4.78 is 19.5. The fourth-order valence-corrected chi connectivity index (χ4v) is 16.3. The van der Waals surface area contributed by atoms with Crippen molar-refractivity contribution in [1.82, 2.24) is 79.7 Å². The van der Waals surface area contributed by atoms with E-state index in [-0.39, 0.29) is 11.2 Å². The summed E-state index contributed by atoms with van der Waals surface area (Å²) in [5.41, 5.74) is 31.5. The predicted molar refractivity (Wildman–Crippen MR) is 530 cm³/mol. The summed E-state index contributed by atoms with van der Waals surface area (Å²) in [6, 6.07) is 87.2. The van der Waals surface area contributed by atoms with Gasteiger partial charge in [-0.1, -0.05) is 149 Å². The summed E-state index contributed by atoms with van der Waals surface area (Å²) in [6.45, 7) is 13.3. The molecule has 8 N–H and O–H groups in total. The Morgan fingerprint density at radius 3 is 1.14 bits per heavy atom. The van der Waals surface area contributed by atoms with Gasteiger partial charge in [0.1, 0.15) is 51.1 Å². The van der Waals surface area contributed by atoms with Gasteiger partial charge in [0.25, 0.3) is 0 Å². The van der Waals surface area contributed by atoms with E-state index in [1.54, 1.807) is 36.8 Å². The number of aryl methyl sites for hydroxylation is 1. The number of aromatic amines is 7. The van der Waals surface area contributed by atoms with Crippen molar-refractivity contribution in [2.24, 2.45) is 0 Å². The molecule has 0 bridgehead atoms. The number of nitrogens with one attached hydrogen (secondary N) is 8. The van der Waals surface area contributed by atoms with Crippen molar-refractivity contribution < 1.29 is 9.13 Å². The van der Waals surface area contributed by atoms with Gasteiger partial charge in [-0.2, -0.15) is 0 Å². The van der Waals surface area contributed by atoms with E-state index in [1.165, 1.54) is 99.2 Å². The largest absolute Gasteiger partial charge is 0.497 e. The highest BCUT2D eigenvalue weighted by Crippen LogP contribution is 2.29. The lowest BCUT2D eigenvalue weighted by Gasteiger charge is -2.19. The summed E-state index contributed by atoms with van der Waals surface area (Å²) in [5, 5.41) is 12.5. The van der Waals surface area contributed by atoms with Crippen molar-refractivity contribution in [2.45, 2.75) is 91.4 Å². The number of H-pyrrole nitrogens is 7. The minimum Gasteiger partial charge on any atom is -0.497 e. The number of fused-ring (bicyclic) bond motifs is 9.